The van der Waals surface area contributed by atoms with Crippen LogP contribution in [0.25, 0.3) is 0 Å². The van der Waals surface area contributed by atoms with E-state index in [-0.39, 0.29) is 6.54 Å². The molecule has 6 heteroatoms. The summed E-state index contributed by atoms with van der Waals surface area (Å²) in [6.45, 7) is 2.41. The average molecular weight is 272 g/mol. The summed E-state index contributed by atoms with van der Waals surface area (Å²) in [7, 11) is 0. The number of amides is 1. The van der Waals surface area contributed by atoms with Crippen LogP contribution in [0.1, 0.15) is 22.9 Å². The number of hydrogen-bond acceptors (Lipinski definition) is 2. The van der Waals surface area contributed by atoms with E-state index in [0.717, 1.165) is 21.6 Å². The van der Waals surface area contributed by atoms with Gasteiger partial charge in [0.15, 0.2) is 0 Å². The highest BCUT2D eigenvalue weighted by molar-refractivity contribution is 5.81. The summed E-state index contributed by atoms with van der Waals surface area (Å²) in [4.78, 5) is 12.4. The van der Waals surface area contributed by atoms with Crippen LogP contribution < -0.4 is 5.32 Å². The van der Waals surface area contributed by atoms with Gasteiger partial charge in [0.1, 0.15) is 12.7 Å². The number of benzene rings is 1. The second-order valence-electron chi connectivity index (χ2n) is 4.78. The second-order valence-corrected chi connectivity index (χ2v) is 4.78. The minimum absolute atomic E-state index is 0.0614. The van der Waals surface area contributed by atoms with E-state index in [1.54, 1.807) is 0 Å². The van der Waals surface area contributed by atoms with E-state index >= 15 is 0 Å². The van der Waals surface area contributed by atoms with E-state index in [9.17, 15) is 18.0 Å². The van der Waals surface area contributed by atoms with Gasteiger partial charge >= 0.3 is 6.18 Å². The molecule has 1 N–H and O–H groups in total. The molecule has 1 aromatic carbocycles. The zero-order chi connectivity index (χ0) is 14.2. The Morgan fingerprint density at radius 3 is 2.68 bits per heavy atom. The molecule has 0 bridgehead atoms. The minimum Gasteiger partial charge on any atom is -0.313 e. The van der Waals surface area contributed by atoms with Crippen LogP contribution in [-0.4, -0.2) is 30.1 Å². The molecule has 3 nitrogen and oxygen atoms in total. The largest absolute Gasteiger partial charge is 0.406 e. The zero-order valence-electron chi connectivity index (χ0n) is 10.7. The number of carbonyl (C=O) groups is 1. The first kappa shape index (κ1) is 13.9. The summed E-state index contributed by atoms with van der Waals surface area (Å²) in [5.41, 5.74) is 2.54. The van der Waals surface area contributed by atoms with Crippen molar-refractivity contribution in [1.29, 1.82) is 0 Å². The molecule has 2 rings (SSSR count). The molecule has 1 atom stereocenters. The lowest BCUT2D eigenvalue weighted by atomic mass is 10.0. The van der Waals surface area contributed by atoms with Gasteiger partial charge in [-0.1, -0.05) is 23.8 Å². The van der Waals surface area contributed by atoms with E-state index in [0.29, 0.717) is 0 Å². The molecule has 1 unspecified atom stereocenters. The monoisotopic (exact) mass is 272 g/mol. The van der Waals surface area contributed by atoms with Crippen LogP contribution in [0, 0.1) is 13.8 Å². The maximum atomic E-state index is 12.5. The van der Waals surface area contributed by atoms with E-state index in [2.05, 4.69) is 5.32 Å². The van der Waals surface area contributed by atoms with Gasteiger partial charge in [0.05, 0.1) is 6.54 Å². The smallest absolute Gasteiger partial charge is 0.313 e. The lowest BCUT2D eigenvalue weighted by molar-refractivity contribution is -0.161. The number of aryl methyl sites for hydroxylation is 2. The number of rotatable bonds is 2. The predicted octanol–water partition coefficient (Wildman–Crippen LogP) is 2.30. The Hall–Kier alpha value is -1.56. The molecule has 1 fully saturated rings. The third-order valence-corrected chi connectivity index (χ3v) is 3.16. The zero-order valence-corrected chi connectivity index (χ0v) is 10.7. The lowest BCUT2D eigenvalue weighted by Gasteiger charge is -2.27. The number of alkyl halides is 3. The fraction of sp³-hybridized carbons (Fsp3) is 0.462. The quantitative estimate of drug-likeness (QED) is 0.896. The van der Waals surface area contributed by atoms with Crippen LogP contribution in [0.5, 0.6) is 0 Å². The Bertz CT molecular complexity index is 499. The number of halogens is 3. The molecule has 0 saturated carbocycles. The van der Waals surface area contributed by atoms with Gasteiger partial charge in [-0.25, -0.2) is 0 Å². The van der Waals surface area contributed by atoms with Crippen LogP contribution in [0.15, 0.2) is 18.2 Å². The third kappa shape index (κ3) is 3.07. The van der Waals surface area contributed by atoms with Crippen molar-refractivity contribution in [1.82, 2.24) is 10.2 Å². The van der Waals surface area contributed by atoms with Crippen molar-refractivity contribution in [2.45, 2.75) is 26.2 Å². The highest BCUT2D eigenvalue weighted by Crippen LogP contribution is 2.29. The van der Waals surface area contributed by atoms with Crippen LogP contribution in [-0.2, 0) is 4.79 Å². The lowest BCUT2D eigenvalue weighted by Crippen LogP contribution is -2.38. The highest BCUT2D eigenvalue weighted by atomic mass is 19.4. The van der Waals surface area contributed by atoms with Crippen molar-refractivity contribution in [3.05, 3.63) is 34.9 Å². The summed E-state index contributed by atoms with van der Waals surface area (Å²) >= 11 is 0. The molecule has 1 saturated heterocycles. The summed E-state index contributed by atoms with van der Waals surface area (Å²) in [5.74, 6) is -0.525. The molecule has 0 aromatic heterocycles. The van der Waals surface area contributed by atoms with Crippen molar-refractivity contribution in [3.8, 4) is 0 Å². The first-order valence-corrected chi connectivity index (χ1v) is 5.95. The van der Waals surface area contributed by atoms with Crippen molar-refractivity contribution >= 4 is 5.91 Å². The van der Waals surface area contributed by atoms with Crippen LogP contribution in [0.3, 0.4) is 0 Å². The summed E-state index contributed by atoms with van der Waals surface area (Å²) in [6, 6.07) is 5.56. The van der Waals surface area contributed by atoms with Crippen molar-refractivity contribution in [2.24, 2.45) is 0 Å². The Balaban J connectivity index is 2.32. The van der Waals surface area contributed by atoms with Gasteiger partial charge in [-0.05, 0) is 25.0 Å². The SMILES string of the molecule is Cc1ccc(C)c(C2NCC(=O)N2CC(F)(F)F)c1. The molecule has 0 aliphatic carbocycles. The third-order valence-electron chi connectivity index (χ3n) is 3.16. The van der Waals surface area contributed by atoms with Gasteiger partial charge in [0, 0.05) is 0 Å². The highest BCUT2D eigenvalue weighted by Gasteiger charge is 2.40. The maximum absolute atomic E-state index is 12.5. The van der Waals surface area contributed by atoms with Crippen molar-refractivity contribution < 1.29 is 18.0 Å². The van der Waals surface area contributed by atoms with Gasteiger partial charge < -0.3 is 4.90 Å². The molecular weight excluding hydrogens is 257 g/mol. The molecule has 1 heterocycles. The van der Waals surface area contributed by atoms with E-state index in [4.69, 9.17) is 0 Å². The van der Waals surface area contributed by atoms with Crippen molar-refractivity contribution in [3.63, 3.8) is 0 Å². The normalized spacial score (nSPS) is 20.2. The Labute approximate surface area is 109 Å². The van der Waals surface area contributed by atoms with Crippen LogP contribution >= 0.6 is 0 Å². The van der Waals surface area contributed by atoms with Gasteiger partial charge in [0.25, 0.3) is 0 Å². The Morgan fingerprint density at radius 2 is 2.05 bits per heavy atom. The molecule has 1 amide bonds. The summed E-state index contributed by atoms with van der Waals surface area (Å²) in [5, 5.41) is 2.84. The van der Waals surface area contributed by atoms with Gasteiger partial charge in [0.2, 0.25) is 5.91 Å². The topological polar surface area (TPSA) is 32.3 Å². The Morgan fingerprint density at radius 1 is 1.37 bits per heavy atom. The van der Waals surface area contributed by atoms with Gasteiger partial charge in [-0.15, -0.1) is 0 Å². The van der Waals surface area contributed by atoms with Crippen LogP contribution in [0.2, 0.25) is 0 Å². The van der Waals surface area contributed by atoms with E-state index < -0.39 is 24.8 Å². The first-order chi connectivity index (χ1) is 8.78. The molecule has 1 aliphatic heterocycles. The van der Waals surface area contributed by atoms with Crippen LogP contribution in [0.4, 0.5) is 13.2 Å². The number of hydrogen-bond donors (Lipinski definition) is 1. The molecule has 0 spiro atoms. The minimum atomic E-state index is -4.39. The standard InChI is InChI=1S/C13H15F3N2O/c1-8-3-4-9(2)10(5-8)12-17-6-11(19)18(12)7-13(14,15)16/h3-5,12,17H,6-7H2,1-2H3. The van der Waals surface area contributed by atoms with Crippen molar-refractivity contribution in [2.75, 3.05) is 13.1 Å². The molecule has 104 valence electrons. The number of nitrogens with zero attached hydrogens (tertiary/aromatic N) is 1. The average Bonchev–Trinajstić information content (AvgIpc) is 2.62. The predicted molar refractivity (Wildman–Crippen MR) is 64.4 cm³/mol. The molecule has 0 radical (unpaired) electrons. The number of nitrogens with one attached hydrogen (secondary N) is 1. The maximum Gasteiger partial charge on any atom is 0.406 e. The molecule has 19 heavy (non-hydrogen) atoms. The van der Waals surface area contributed by atoms with Gasteiger partial charge in [-0.3, -0.25) is 10.1 Å². The first-order valence-electron chi connectivity index (χ1n) is 5.95. The fourth-order valence-corrected chi connectivity index (χ4v) is 2.24. The summed E-state index contributed by atoms with van der Waals surface area (Å²) < 4.78 is 37.6. The van der Waals surface area contributed by atoms with Gasteiger partial charge in [-0.2, -0.15) is 13.2 Å². The molecular formula is C13H15F3N2O. The van der Waals surface area contributed by atoms with E-state index in [1.165, 1.54) is 0 Å². The Kier molecular flexibility index (Phi) is 3.54. The molecule has 1 aromatic rings. The number of carbonyl (C=O) groups excluding carboxylic acids is 1. The summed E-state index contributed by atoms with van der Waals surface area (Å²) in [6.07, 6.45) is -5.09. The molecule has 1 aliphatic rings. The van der Waals surface area contributed by atoms with E-state index in [1.807, 2.05) is 32.0 Å². The fourth-order valence-electron chi connectivity index (χ4n) is 2.24. The second kappa shape index (κ2) is 4.85.